The van der Waals surface area contributed by atoms with Gasteiger partial charge in [0.1, 0.15) is 11.5 Å². The zero-order valence-corrected chi connectivity index (χ0v) is 10.0. The molecule has 0 unspecified atom stereocenters. The molecule has 0 aliphatic rings. The Labute approximate surface area is 91.6 Å². The zero-order chi connectivity index (χ0) is 11.6. The van der Waals surface area contributed by atoms with E-state index in [1.54, 1.807) is 0 Å². The van der Waals surface area contributed by atoms with E-state index in [4.69, 9.17) is 0 Å². The van der Waals surface area contributed by atoms with Crippen molar-refractivity contribution in [1.29, 1.82) is 0 Å². The third-order valence-electron chi connectivity index (χ3n) is 3.15. The van der Waals surface area contributed by atoms with Crippen molar-refractivity contribution in [3.05, 3.63) is 22.3 Å². The third-order valence-corrected chi connectivity index (χ3v) is 3.15. The van der Waals surface area contributed by atoms with E-state index in [1.165, 1.54) is 0 Å². The fraction of sp³-hybridized carbons (Fsp3) is 0.538. The highest BCUT2D eigenvalue weighted by Crippen LogP contribution is 2.36. The Kier molecular flexibility index (Phi) is 3.61. The molecule has 15 heavy (non-hydrogen) atoms. The van der Waals surface area contributed by atoms with E-state index in [-0.39, 0.29) is 0 Å². The van der Waals surface area contributed by atoms with Crippen LogP contribution in [0.4, 0.5) is 0 Å². The molecule has 2 heteroatoms. The van der Waals surface area contributed by atoms with Crippen molar-refractivity contribution in [2.45, 2.75) is 47.0 Å². The normalized spacial score (nSPS) is 10.7. The topological polar surface area (TPSA) is 40.5 Å². The number of phenolic OH excluding ortho intramolecular Hbond substituents is 2. The van der Waals surface area contributed by atoms with Crippen LogP contribution in [0.3, 0.4) is 0 Å². The van der Waals surface area contributed by atoms with E-state index in [0.29, 0.717) is 11.5 Å². The van der Waals surface area contributed by atoms with Crippen molar-refractivity contribution in [2.24, 2.45) is 0 Å². The summed E-state index contributed by atoms with van der Waals surface area (Å²) in [6.45, 7) is 7.67. The molecule has 1 aromatic rings. The molecule has 0 atom stereocenters. The lowest BCUT2D eigenvalue weighted by Gasteiger charge is -2.15. The van der Waals surface area contributed by atoms with Gasteiger partial charge in [-0.3, -0.25) is 0 Å². The van der Waals surface area contributed by atoms with Gasteiger partial charge in [-0.05, 0) is 50.3 Å². The highest BCUT2D eigenvalue weighted by atomic mass is 16.3. The first-order valence-corrected chi connectivity index (χ1v) is 5.51. The fourth-order valence-corrected chi connectivity index (χ4v) is 1.84. The lowest BCUT2D eigenvalue weighted by Crippen LogP contribution is -1.96. The first kappa shape index (κ1) is 11.9. The van der Waals surface area contributed by atoms with Gasteiger partial charge in [0, 0.05) is 5.56 Å². The molecule has 0 saturated heterocycles. The molecule has 84 valence electrons. The van der Waals surface area contributed by atoms with Gasteiger partial charge in [0.15, 0.2) is 0 Å². The van der Waals surface area contributed by atoms with E-state index in [1.807, 2.05) is 20.8 Å². The molecule has 0 bridgehead atoms. The van der Waals surface area contributed by atoms with Crippen LogP contribution in [0, 0.1) is 20.8 Å². The van der Waals surface area contributed by atoms with Crippen LogP contribution >= 0.6 is 0 Å². The summed E-state index contributed by atoms with van der Waals surface area (Å²) in [5.74, 6) is 0.688. The number of benzene rings is 1. The number of aromatic hydroxyl groups is 2. The molecule has 0 aromatic heterocycles. The summed E-state index contributed by atoms with van der Waals surface area (Å²) in [6.07, 6.45) is 2.96. The summed E-state index contributed by atoms with van der Waals surface area (Å²) >= 11 is 0. The highest BCUT2D eigenvalue weighted by Gasteiger charge is 2.15. The Bertz CT molecular complexity index is 338. The average Bonchev–Trinajstić information content (AvgIpc) is 2.24. The molecule has 0 heterocycles. The van der Waals surface area contributed by atoms with E-state index >= 15 is 0 Å². The van der Waals surface area contributed by atoms with Gasteiger partial charge in [-0.2, -0.15) is 0 Å². The maximum Gasteiger partial charge on any atom is 0.122 e. The molecule has 0 saturated carbocycles. The fourth-order valence-electron chi connectivity index (χ4n) is 1.84. The number of phenols is 2. The minimum atomic E-state index is 0.330. The summed E-state index contributed by atoms with van der Waals surface area (Å²) in [7, 11) is 0. The predicted octanol–water partition coefficient (Wildman–Crippen LogP) is 3.37. The van der Waals surface area contributed by atoms with Crippen molar-refractivity contribution in [1.82, 2.24) is 0 Å². The summed E-state index contributed by atoms with van der Waals surface area (Å²) in [4.78, 5) is 0. The van der Waals surface area contributed by atoms with E-state index in [9.17, 15) is 10.2 Å². The van der Waals surface area contributed by atoms with Crippen molar-refractivity contribution in [3.8, 4) is 11.5 Å². The van der Waals surface area contributed by atoms with Gasteiger partial charge in [-0.25, -0.2) is 0 Å². The van der Waals surface area contributed by atoms with E-state index in [2.05, 4.69) is 6.92 Å². The highest BCUT2D eigenvalue weighted by molar-refractivity contribution is 5.56. The quantitative estimate of drug-likeness (QED) is 0.748. The standard InChI is InChI=1S/C13H20O2/c1-5-6-7-11-10(4)12(14)8(2)9(3)13(11)15/h14-15H,5-7H2,1-4H3. The summed E-state index contributed by atoms with van der Waals surface area (Å²) in [5, 5.41) is 19.9. The van der Waals surface area contributed by atoms with E-state index < -0.39 is 0 Å². The van der Waals surface area contributed by atoms with Crippen molar-refractivity contribution < 1.29 is 10.2 Å². The minimum Gasteiger partial charge on any atom is -0.507 e. The molecular formula is C13H20O2. The summed E-state index contributed by atoms with van der Waals surface area (Å²) in [6, 6.07) is 0. The number of rotatable bonds is 3. The molecule has 0 radical (unpaired) electrons. The molecule has 1 rings (SSSR count). The van der Waals surface area contributed by atoms with Crippen LogP contribution in [-0.4, -0.2) is 10.2 Å². The lowest BCUT2D eigenvalue weighted by atomic mass is 9.94. The monoisotopic (exact) mass is 208 g/mol. The zero-order valence-electron chi connectivity index (χ0n) is 10.0. The van der Waals surface area contributed by atoms with Crippen LogP contribution < -0.4 is 0 Å². The lowest BCUT2D eigenvalue weighted by molar-refractivity contribution is 0.442. The molecule has 2 nitrogen and oxygen atoms in total. The molecule has 1 aromatic carbocycles. The minimum absolute atomic E-state index is 0.330. The predicted molar refractivity (Wildman–Crippen MR) is 62.6 cm³/mol. The van der Waals surface area contributed by atoms with Crippen LogP contribution in [-0.2, 0) is 6.42 Å². The van der Waals surface area contributed by atoms with Gasteiger partial charge < -0.3 is 10.2 Å². The Morgan fingerprint density at radius 3 is 1.93 bits per heavy atom. The average molecular weight is 208 g/mol. The van der Waals surface area contributed by atoms with E-state index in [0.717, 1.165) is 41.5 Å². The second kappa shape index (κ2) is 4.56. The molecule has 0 fully saturated rings. The number of hydrogen-bond acceptors (Lipinski definition) is 2. The maximum absolute atomic E-state index is 10.00. The maximum atomic E-state index is 10.00. The van der Waals surface area contributed by atoms with Crippen molar-refractivity contribution in [2.75, 3.05) is 0 Å². The van der Waals surface area contributed by atoms with Gasteiger partial charge >= 0.3 is 0 Å². The Hall–Kier alpha value is -1.18. The first-order chi connectivity index (χ1) is 7.00. The summed E-state index contributed by atoms with van der Waals surface area (Å²) < 4.78 is 0. The van der Waals surface area contributed by atoms with Crippen molar-refractivity contribution >= 4 is 0 Å². The van der Waals surface area contributed by atoms with Gasteiger partial charge in [0.25, 0.3) is 0 Å². The van der Waals surface area contributed by atoms with Gasteiger partial charge in [0.2, 0.25) is 0 Å². The molecule has 0 spiro atoms. The molecular weight excluding hydrogens is 188 g/mol. The van der Waals surface area contributed by atoms with Crippen LogP contribution in [0.2, 0.25) is 0 Å². The molecule has 0 aliphatic heterocycles. The summed E-state index contributed by atoms with van der Waals surface area (Å²) in [5.41, 5.74) is 3.30. The Morgan fingerprint density at radius 2 is 1.40 bits per heavy atom. The van der Waals surface area contributed by atoms with Gasteiger partial charge in [-0.1, -0.05) is 13.3 Å². The molecule has 0 amide bonds. The molecule has 2 N–H and O–H groups in total. The Morgan fingerprint density at radius 1 is 0.867 bits per heavy atom. The second-order valence-electron chi connectivity index (χ2n) is 4.15. The van der Waals surface area contributed by atoms with Crippen LogP contribution in [0.25, 0.3) is 0 Å². The molecule has 0 aliphatic carbocycles. The second-order valence-corrected chi connectivity index (χ2v) is 4.15. The van der Waals surface area contributed by atoms with Crippen molar-refractivity contribution in [3.63, 3.8) is 0 Å². The Balaban J connectivity index is 3.26. The smallest absolute Gasteiger partial charge is 0.122 e. The number of unbranched alkanes of at least 4 members (excludes halogenated alkanes) is 1. The van der Waals surface area contributed by atoms with Gasteiger partial charge in [0.05, 0.1) is 0 Å². The third kappa shape index (κ3) is 2.09. The SMILES string of the molecule is CCCCc1c(C)c(O)c(C)c(C)c1O. The number of hydrogen-bond donors (Lipinski definition) is 2. The van der Waals surface area contributed by atoms with Crippen LogP contribution in [0.1, 0.15) is 42.0 Å². The first-order valence-electron chi connectivity index (χ1n) is 5.51. The van der Waals surface area contributed by atoms with Crippen LogP contribution in [0.15, 0.2) is 0 Å². The van der Waals surface area contributed by atoms with Gasteiger partial charge in [-0.15, -0.1) is 0 Å². The largest absolute Gasteiger partial charge is 0.507 e. The van der Waals surface area contributed by atoms with Crippen LogP contribution in [0.5, 0.6) is 11.5 Å².